The predicted octanol–water partition coefficient (Wildman–Crippen LogP) is -0.121. The Balaban J connectivity index is -0.0000000483. The highest BCUT2D eigenvalue weighted by molar-refractivity contribution is 4.51. The first kappa shape index (κ1) is 15.8. The highest BCUT2D eigenvalue weighted by Gasteiger charge is 1.18. The molecule has 0 radical (unpaired) electrons. The van der Waals surface area contributed by atoms with Gasteiger partial charge in [-0.15, -0.1) is 0 Å². The predicted molar refractivity (Wildman–Crippen MR) is 30.9 cm³/mol. The van der Waals surface area contributed by atoms with Crippen molar-refractivity contribution in [2.45, 2.75) is 13.8 Å². The number of nitriles is 2. The first-order chi connectivity index (χ1) is 3.83. The number of nitrogens with two attached hydrogens (primary N) is 2. The van der Waals surface area contributed by atoms with Crippen LogP contribution in [0.3, 0.4) is 0 Å². The van der Waals surface area contributed by atoms with Gasteiger partial charge < -0.3 is 0 Å². The zero-order valence-corrected chi connectivity index (χ0v) is 5.05. The molecule has 0 bridgehead atoms. The zero-order valence-electron chi connectivity index (χ0n) is 5.05. The van der Waals surface area contributed by atoms with Crippen LogP contribution >= 0.6 is 0 Å². The van der Waals surface area contributed by atoms with Crippen LogP contribution in [0.15, 0.2) is 0 Å². The third kappa shape index (κ3) is 61.6. The van der Waals surface area contributed by atoms with E-state index in [1.54, 1.807) is 12.1 Å². The minimum absolute atomic E-state index is 1.43. The molecule has 0 aromatic carbocycles. The minimum atomic E-state index is 1.43. The molecule has 0 amide bonds. The summed E-state index contributed by atoms with van der Waals surface area (Å²) < 4.78 is 0. The van der Waals surface area contributed by atoms with Crippen LogP contribution in [0.1, 0.15) is 13.8 Å². The van der Waals surface area contributed by atoms with E-state index in [0.717, 1.165) is 0 Å². The lowest BCUT2D eigenvalue weighted by atomic mass is 11.0. The van der Waals surface area contributed by atoms with Gasteiger partial charge >= 0.3 is 0 Å². The maximum absolute atomic E-state index is 7.32. The van der Waals surface area contributed by atoms with E-state index in [2.05, 4.69) is 11.7 Å². The van der Waals surface area contributed by atoms with Crippen LogP contribution in [-0.4, -0.2) is 0 Å². The SMILES string of the molecule is CC#N.CC#N.NN. The summed E-state index contributed by atoms with van der Waals surface area (Å²) in [5, 5.41) is 14.6. The fourth-order valence-electron chi connectivity index (χ4n) is 0. The molecule has 0 aliphatic rings. The smallest absolute Gasteiger partial charge is 0.0587 e. The molecule has 0 aliphatic carbocycles. The van der Waals surface area contributed by atoms with Gasteiger partial charge in [0, 0.05) is 13.8 Å². The van der Waals surface area contributed by atoms with Gasteiger partial charge in [0.15, 0.2) is 0 Å². The quantitative estimate of drug-likeness (QED) is 0.338. The molecular formula is C4H10N4. The van der Waals surface area contributed by atoms with Crippen molar-refractivity contribution < 1.29 is 0 Å². The Labute approximate surface area is 49.3 Å². The van der Waals surface area contributed by atoms with Crippen LogP contribution in [0.4, 0.5) is 0 Å². The molecule has 0 saturated carbocycles. The molecule has 0 aromatic rings. The molecule has 4 nitrogen and oxygen atoms in total. The van der Waals surface area contributed by atoms with Crippen molar-refractivity contribution in [3.63, 3.8) is 0 Å². The summed E-state index contributed by atoms with van der Waals surface area (Å²) in [6.07, 6.45) is 0. The summed E-state index contributed by atoms with van der Waals surface area (Å²) in [5.74, 6) is 8.00. The van der Waals surface area contributed by atoms with Gasteiger partial charge in [-0.2, -0.15) is 10.5 Å². The lowest BCUT2D eigenvalue weighted by molar-refractivity contribution is 1.26. The van der Waals surface area contributed by atoms with Crippen molar-refractivity contribution in [1.82, 2.24) is 0 Å². The van der Waals surface area contributed by atoms with Gasteiger partial charge in [0.2, 0.25) is 0 Å². The van der Waals surface area contributed by atoms with E-state index in [1.807, 2.05) is 0 Å². The molecule has 4 N–H and O–H groups in total. The lowest BCUT2D eigenvalue weighted by Crippen LogP contribution is -2.02. The fourth-order valence-corrected chi connectivity index (χ4v) is 0. The Morgan fingerprint density at radius 3 is 1.00 bits per heavy atom. The number of hydrogen-bond donors (Lipinski definition) is 2. The highest BCUT2D eigenvalue weighted by Crippen LogP contribution is 1.22. The molecule has 0 unspecified atom stereocenters. The summed E-state index contributed by atoms with van der Waals surface area (Å²) in [6, 6.07) is 3.50. The average molecular weight is 114 g/mol. The molecule has 4 heteroatoms. The second-order valence-corrected chi connectivity index (χ2v) is 0.447. The van der Waals surface area contributed by atoms with E-state index in [-0.39, 0.29) is 0 Å². The number of rotatable bonds is 0. The van der Waals surface area contributed by atoms with Crippen molar-refractivity contribution in [1.29, 1.82) is 10.5 Å². The van der Waals surface area contributed by atoms with Gasteiger partial charge in [-0.25, -0.2) is 0 Å². The molecule has 0 aromatic heterocycles. The largest absolute Gasteiger partial charge is 0.274 e. The first-order valence-electron chi connectivity index (χ1n) is 1.78. The van der Waals surface area contributed by atoms with Gasteiger partial charge in [-0.3, -0.25) is 11.7 Å². The molecule has 46 valence electrons. The third-order valence-electron chi connectivity index (χ3n) is 0. The maximum atomic E-state index is 7.32. The number of hydrazine groups is 1. The van der Waals surface area contributed by atoms with Crippen LogP contribution < -0.4 is 11.7 Å². The van der Waals surface area contributed by atoms with Gasteiger partial charge in [0.05, 0.1) is 12.1 Å². The van der Waals surface area contributed by atoms with E-state index in [9.17, 15) is 0 Å². The second kappa shape index (κ2) is 175. The molecule has 0 rings (SSSR count). The zero-order chi connectivity index (χ0) is 7.41. The monoisotopic (exact) mass is 114 g/mol. The van der Waals surface area contributed by atoms with Crippen molar-refractivity contribution in [2.75, 3.05) is 0 Å². The minimum Gasteiger partial charge on any atom is -0.274 e. The summed E-state index contributed by atoms with van der Waals surface area (Å²) in [7, 11) is 0. The van der Waals surface area contributed by atoms with E-state index < -0.39 is 0 Å². The molecule has 0 heterocycles. The summed E-state index contributed by atoms with van der Waals surface area (Å²) in [6.45, 7) is 2.86. The topological polar surface area (TPSA) is 99.6 Å². The van der Waals surface area contributed by atoms with E-state index in [1.165, 1.54) is 13.8 Å². The Bertz CT molecular complexity index is 63.0. The van der Waals surface area contributed by atoms with Gasteiger partial charge in [-0.1, -0.05) is 0 Å². The second-order valence-electron chi connectivity index (χ2n) is 0.447. The van der Waals surface area contributed by atoms with Crippen molar-refractivity contribution in [3.05, 3.63) is 0 Å². The molecule has 0 saturated heterocycles. The highest BCUT2D eigenvalue weighted by atomic mass is 15.0. The average Bonchev–Trinajstić information content (AvgIpc) is 1.75. The Morgan fingerprint density at radius 2 is 1.00 bits per heavy atom. The molecule has 8 heavy (non-hydrogen) atoms. The lowest BCUT2D eigenvalue weighted by Gasteiger charge is -1.27. The van der Waals surface area contributed by atoms with Crippen molar-refractivity contribution in [2.24, 2.45) is 11.7 Å². The van der Waals surface area contributed by atoms with Crippen LogP contribution in [-0.2, 0) is 0 Å². The maximum Gasteiger partial charge on any atom is 0.0587 e. The summed E-state index contributed by atoms with van der Waals surface area (Å²) >= 11 is 0. The van der Waals surface area contributed by atoms with E-state index >= 15 is 0 Å². The van der Waals surface area contributed by atoms with Crippen LogP contribution in [0.25, 0.3) is 0 Å². The Morgan fingerprint density at radius 1 is 1.00 bits per heavy atom. The van der Waals surface area contributed by atoms with E-state index in [4.69, 9.17) is 10.5 Å². The van der Waals surface area contributed by atoms with Gasteiger partial charge in [0.1, 0.15) is 0 Å². The first-order valence-corrected chi connectivity index (χ1v) is 1.78. The molecule has 0 spiro atoms. The molecule has 0 atom stereocenters. The Hall–Kier alpha value is -1.10. The Kier molecular flexibility index (Phi) is 345. The van der Waals surface area contributed by atoms with Gasteiger partial charge in [0.25, 0.3) is 0 Å². The summed E-state index contributed by atoms with van der Waals surface area (Å²) in [5.41, 5.74) is 0. The number of nitrogens with zero attached hydrogens (tertiary/aromatic N) is 2. The normalized spacial score (nSPS) is 2.75. The van der Waals surface area contributed by atoms with Crippen LogP contribution in [0.2, 0.25) is 0 Å². The van der Waals surface area contributed by atoms with Crippen LogP contribution in [0, 0.1) is 22.7 Å². The van der Waals surface area contributed by atoms with Crippen LogP contribution in [0.5, 0.6) is 0 Å². The number of hydrogen-bond acceptors (Lipinski definition) is 4. The van der Waals surface area contributed by atoms with Gasteiger partial charge in [-0.05, 0) is 0 Å². The molecule has 0 aliphatic heterocycles. The molecule has 0 fully saturated rings. The van der Waals surface area contributed by atoms with E-state index in [0.29, 0.717) is 0 Å². The third-order valence-corrected chi connectivity index (χ3v) is 0. The summed E-state index contributed by atoms with van der Waals surface area (Å²) in [4.78, 5) is 0. The van der Waals surface area contributed by atoms with Crippen molar-refractivity contribution in [3.8, 4) is 12.1 Å². The van der Waals surface area contributed by atoms with Crippen molar-refractivity contribution >= 4 is 0 Å². The fraction of sp³-hybridized carbons (Fsp3) is 0.500. The standard InChI is InChI=1S/2C2H3N.H4N2/c2*1-2-3;1-2/h2*1H3;1-2H2. The molecular weight excluding hydrogens is 104 g/mol.